The maximum Gasteiger partial charge on any atom is 0.263 e. The van der Waals surface area contributed by atoms with E-state index in [-0.39, 0.29) is 22.7 Å². The number of carbonyl (C=O) groups is 1. The van der Waals surface area contributed by atoms with Crippen molar-refractivity contribution in [3.8, 4) is 0 Å². The van der Waals surface area contributed by atoms with Crippen molar-refractivity contribution < 1.29 is 13.2 Å². The van der Waals surface area contributed by atoms with Crippen LogP contribution in [0.2, 0.25) is 0 Å². The van der Waals surface area contributed by atoms with Crippen molar-refractivity contribution in [2.24, 2.45) is 10.7 Å². The molecule has 2 unspecified atom stereocenters. The number of amidine groups is 1. The fourth-order valence-corrected chi connectivity index (χ4v) is 3.39. The van der Waals surface area contributed by atoms with Crippen LogP contribution in [-0.4, -0.2) is 50.7 Å². The number of hydrogen-bond donors (Lipinski definition) is 2. The van der Waals surface area contributed by atoms with Crippen molar-refractivity contribution in [3.63, 3.8) is 0 Å². The van der Waals surface area contributed by atoms with Crippen LogP contribution in [0, 0.1) is 0 Å². The summed E-state index contributed by atoms with van der Waals surface area (Å²) in [6, 6.07) is 5.73. The average Bonchev–Trinajstić information content (AvgIpc) is 2.76. The molecule has 2 rings (SSSR count). The van der Waals surface area contributed by atoms with Crippen molar-refractivity contribution in [2.75, 3.05) is 13.6 Å². The van der Waals surface area contributed by atoms with Gasteiger partial charge in [-0.15, -0.1) is 0 Å². The zero-order valence-electron chi connectivity index (χ0n) is 12.8. The molecule has 1 aromatic carbocycles. The van der Waals surface area contributed by atoms with Crippen molar-refractivity contribution in [1.29, 1.82) is 0 Å². The predicted molar refractivity (Wildman–Crippen MR) is 84.0 cm³/mol. The smallest absolute Gasteiger partial charge is 0.263 e. The summed E-state index contributed by atoms with van der Waals surface area (Å²) in [5.41, 5.74) is 6.03. The fourth-order valence-electron chi connectivity index (χ4n) is 2.15. The Balaban J connectivity index is 2.30. The minimum absolute atomic E-state index is 0.109. The largest absolute Gasteiger partial charge is 0.340 e. The van der Waals surface area contributed by atoms with Crippen LogP contribution in [0.25, 0.3) is 0 Å². The van der Waals surface area contributed by atoms with Gasteiger partial charge in [-0.05, 0) is 26.0 Å². The van der Waals surface area contributed by atoms with Gasteiger partial charge in [-0.2, -0.15) is 0 Å². The van der Waals surface area contributed by atoms with E-state index in [1.54, 1.807) is 32.2 Å². The van der Waals surface area contributed by atoms with Gasteiger partial charge in [0.05, 0.1) is 4.90 Å². The maximum absolute atomic E-state index is 12.3. The molecule has 8 heteroatoms. The topological polar surface area (TPSA) is 105 Å². The number of sulfonamides is 1. The highest BCUT2D eigenvalue weighted by Crippen LogP contribution is 2.22. The molecule has 1 heterocycles. The number of nitrogens with two attached hydrogens (primary N) is 1. The summed E-state index contributed by atoms with van der Waals surface area (Å²) in [5, 5.41) is 0. The van der Waals surface area contributed by atoms with Gasteiger partial charge >= 0.3 is 0 Å². The number of nitrogens with zero attached hydrogens (tertiary/aromatic N) is 2. The van der Waals surface area contributed by atoms with Crippen LogP contribution in [-0.2, 0) is 14.8 Å². The molecule has 22 heavy (non-hydrogen) atoms. The second kappa shape index (κ2) is 6.05. The minimum Gasteiger partial charge on any atom is -0.340 e. The zero-order chi connectivity index (χ0) is 16.5. The fraction of sp³-hybridized carbons (Fsp3) is 0.429. The molecule has 0 aromatic heterocycles. The van der Waals surface area contributed by atoms with Gasteiger partial charge in [0.2, 0.25) is 5.91 Å². The van der Waals surface area contributed by atoms with E-state index >= 15 is 0 Å². The standard InChI is InChI=1S/C14H20N4O3S/c1-9(8-15)18(3)14(19)10(2)16-13-11-6-4-5-7-12(11)22(20,21)17-13/h4-7,9-10H,8,15H2,1-3H3,(H,16,17). The summed E-state index contributed by atoms with van der Waals surface area (Å²) >= 11 is 0. The Bertz CT molecular complexity index is 715. The first kappa shape index (κ1) is 16.4. The van der Waals surface area contributed by atoms with E-state index < -0.39 is 16.1 Å². The number of nitrogens with one attached hydrogen (secondary N) is 1. The lowest BCUT2D eigenvalue weighted by Gasteiger charge is -2.25. The highest BCUT2D eigenvalue weighted by molar-refractivity contribution is 7.90. The Kier molecular flexibility index (Phi) is 4.52. The Morgan fingerprint density at radius 1 is 1.36 bits per heavy atom. The van der Waals surface area contributed by atoms with Crippen LogP contribution in [0.15, 0.2) is 34.2 Å². The summed E-state index contributed by atoms with van der Waals surface area (Å²) in [5.74, 6) is -0.0146. The van der Waals surface area contributed by atoms with Crippen LogP contribution < -0.4 is 10.5 Å². The summed E-state index contributed by atoms with van der Waals surface area (Å²) in [4.78, 5) is 18.2. The second-order valence-electron chi connectivity index (χ2n) is 5.29. The molecule has 0 saturated heterocycles. The van der Waals surface area contributed by atoms with E-state index in [9.17, 15) is 13.2 Å². The van der Waals surface area contributed by atoms with Crippen LogP contribution in [0.4, 0.5) is 0 Å². The second-order valence-corrected chi connectivity index (χ2v) is 6.94. The highest BCUT2D eigenvalue weighted by Gasteiger charge is 2.31. The zero-order valence-corrected chi connectivity index (χ0v) is 13.6. The number of carbonyl (C=O) groups excluding carboxylic acids is 1. The summed E-state index contributed by atoms with van der Waals surface area (Å²) in [6.07, 6.45) is 0. The van der Waals surface area contributed by atoms with Crippen molar-refractivity contribution in [1.82, 2.24) is 9.62 Å². The van der Waals surface area contributed by atoms with Crippen LogP contribution in [0.5, 0.6) is 0 Å². The first-order valence-corrected chi connectivity index (χ1v) is 8.43. The Morgan fingerprint density at radius 2 is 2.00 bits per heavy atom. The van der Waals surface area contributed by atoms with Gasteiger partial charge in [0.1, 0.15) is 11.9 Å². The van der Waals surface area contributed by atoms with Crippen molar-refractivity contribution >= 4 is 21.8 Å². The molecule has 120 valence electrons. The molecule has 2 atom stereocenters. The van der Waals surface area contributed by atoms with Gasteiger partial charge in [-0.3, -0.25) is 14.5 Å². The lowest BCUT2D eigenvalue weighted by molar-refractivity contribution is -0.132. The van der Waals surface area contributed by atoms with E-state index in [4.69, 9.17) is 5.73 Å². The molecule has 1 aliphatic rings. The molecule has 0 spiro atoms. The first-order chi connectivity index (χ1) is 10.3. The number of hydrogen-bond acceptors (Lipinski definition) is 5. The summed E-state index contributed by atoms with van der Waals surface area (Å²) in [7, 11) is -1.94. The third-order valence-electron chi connectivity index (χ3n) is 3.69. The third-order valence-corrected chi connectivity index (χ3v) is 5.09. The van der Waals surface area contributed by atoms with E-state index in [0.29, 0.717) is 12.1 Å². The lowest BCUT2D eigenvalue weighted by atomic mass is 10.2. The van der Waals surface area contributed by atoms with Crippen molar-refractivity contribution in [3.05, 3.63) is 29.8 Å². The SMILES string of the molecule is CC(N=C1NS(=O)(=O)c2ccccc21)C(=O)N(C)C(C)CN. The van der Waals surface area contributed by atoms with Crippen molar-refractivity contribution in [2.45, 2.75) is 30.8 Å². The number of aliphatic imine (C=N–C) groups is 1. The van der Waals surface area contributed by atoms with Gasteiger partial charge in [0.15, 0.2) is 0 Å². The number of benzene rings is 1. The normalized spacial score (nSPS) is 20.1. The molecular formula is C14H20N4O3S. The van der Waals surface area contributed by atoms with Gasteiger partial charge in [0, 0.05) is 25.2 Å². The van der Waals surface area contributed by atoms with Gasteiger partial charge < -0.3 is 10.6 Å². The minimum atomic E-state index is -3.59. The number of amides is 1. The molecule has 1 aromatic rings. The molecule has 0 bridgehead atoms. The summed E-state index contributed by atoms with van der Waals surface area (Å²) in [6.45, 7) is 3.82. The quantitative estimate of drug-likeness (QED) is 0.808. The highest BCUT2D eigenvalue weighted by atomic mass is 32.2. The van der Waals surface area contributed by atoms with Gasteiger partial charge in [-0.1, -0.05) is 12.1 Å². The molecule has 1 aliphatic heterocycles. The number of rotatable bonds is 4. The Hall–Kier alpha value is -1.93. The summed E-state index contributed by atoms with van der Waals surface area (Å²) < 4.78 is 26.4. The third kappa shape index (κ3) is 2.97. The number of fused-ring (bicyclic) bond motifs is 1. The molecule has 0 saturated carbocycles. The van der Waals surface area contributed by atoms with E-state index in [1.165, 1.54) is 11.0 Å². The average molecular weight is 324 g/mol. The monoisotopic (exact) mass is 324 g/mol. The van der Waals surface area contributed by atoms with Gasteiger partial charge in [-0.25, -0.2) is 8.42 Å². The van der Waals surface area contributed by atoms with E-state index in [2.05, 4.69) is 9.71 Å². The Labute approximate surface area is 130 Å². The molecule has 0 fully saturated rings. The van der Waals surface area contributed by atoms with Gasteiger partial charge in [0.25, 0.3) is 10.0 Å². The molecule has 1 amide bonds. The molecule has 3 N–H and O–H groups in total. The lowest BCUT2D eigenvalue weighted by Crippen LogP contribution is -2.44. The predicted octanol–water partition coefficient (Wildman–Crippen LogP) is -0.0808. The van der Waals surface area contributed by atoms with E-state index in [0.717, 1.165) is 0 Å². The molecular weight excluding hydrogens is 304 g/mol. The van der Waals surface area contributed by atoms with E-state index in [1.807, 2.05) is 6.92 Å². The molecule has 0 radical (unpaired) electrons. The van der Waals surface area contributed by atoms with Crippen LogP contribution in [0.3, 0.4) is 0 Å². The first-order valence-electron chi connectivity index (χ1n) is 6.94. The maximum atomic E-state index is 12.3. The van der Waals surface area contributed by atoms with Crippen LogP contribution >= 0.6 is 0 Å². The Morgan fingerprint density at radius 3 is 2.64 bits per heavy atom. The number of likely N-dealkylation sites (N-methyl/N-ethyl adjacent to an activating group) is 1. The molecule has 0 aliphatic carbocycles. The molecule has 7 nitrogen and oxygen atoms in total. The van der Waals surface area contributed by atoms with Crippen LogP contribution in [0.1, 0.15) is 19.4 Å².